The second-order valence-electron chi connectivity index (χ2n) is 18.5. The first-order chi connectivity index (χ1) is 26.6. The van der Waals surface area contributed by atoms with Crippen LogP contribution >= 0.6 is 0 Å². The number of carboxylic acids is 1. The third-order valence-corrected chi connectivity index (χ3v) is 14.8. The number of aliphatic carboxylic acids is 1. The first-order valence-electron chi connectivity index (χ1n) is 21.8. The molecule has 4 aliphatic heterocycles. The molecule has 4 aliphatic rings. The normalized spacial score (nSPS) is 41.9. The lowest BCUT2D eigenvalue weighted by molar-refractivity contribution is -0.394. The Morgan fingerprint density at radius 1 is 0.912 bits per heavy atom. The van der Waals surface area contributed by atoms with E-state index in [1.54, 1.807) is 19.9 Å². The Morgan fingerprint density at radius 3 is 2.11 bits per heavy atom. The second-order valence-corrected chi connectivity index (χ2v) is 18.5. The van der Waals surface area contributed by atoms with Gasteiger partial charge in [0.25, 0.3) is 0 Å². The second kappa shape index (κ2) is 18.6. The smallest absolute Gasteiger partial charge is 0.405 e. The van der Waals surface area contributed by atoms with Crippen LogP contribution in [0.15, 0.2) is 12.7 Å². The van der Waals surface area contributed by atoms with Gasteiger partial charge in [-0.2, -0.15) is 0 Å². The van der Waals surface area contributed by atoms with E-state index in [1.807, 2.05) is 62.3 Å². The summed E-state index contributed by atoms with van der Waals surface area (Å²) in [5, 5.41) is 45.2. The molecule has 0 bridgehead atoms. The van der Waals surface area contributed by atoms with Gasteiger partial charge < -0.3 is 49.4 Å². The maximum atomic E-state index is 14.6. The summed E-state index contributed by atoms with van der Waals surface area (Å²) in [6.07, 6.45) is 2.37. The van der Waals surface area contributed by atoms with Crippen molar-refractivity contribution in [2.45, 2.75) is 206 Å². The molecule has 0 spiro atoms. The zero-order valence-electron chi connectivity index (χ0n) is 36.5. The number of nitrogens with one attached hydrogen (secondary N) is 1. The lowest BCUT2D eigenvalue weighted by atomic mass is 9.73. The summed E-state index contributed by atoms with van der Waals surface area (Å²) in [6.45, 7) is 25.1. The molecule has 4 fully saturated rings. The van der Waals surface area contributed by atoms with Crippen molar-refractivity contribution in [3.63, 3.8) is 0 Å². The van der Waals surface area contributed by atoms with Gasteiger partial charge in [-0.25, -0.2) is 4.79 Å². The van der Waals surface area contributed by atoms with Crippen LogP contribution in [0.25, 0.3) is 0 Å². The number of rotatable bonds is 17. The summed E-state index contributed by atoms with van der Waals surface area (Å²) < 4.78 is 33.8. The highest BCUT2D eigenvalue weighted by Crippen LogP contribution is 2.52. The van der Waals surface area contributed by atoms with Crippen molar-refractivity contribution in [1.29, 1.82) is 0 Å². The Balaban J connectivity index is 1.59. The number of ether oxygens (including phenoxy) is 5. The third kappa shape index (κ3) is 9.60. The Kier molecular flexibility index (Phi) is 15.6. The topological polar surface area (TPSA) is 190 Å². The van der Waals surface area contributed by atoms with Gasteiger partial charge in [0.2, 0.25) is 0 Å². The van der Waals surface area contributed by atoms with Crippen molar-refractivity contribution >= 4 is 17.8 Å². The minimum Gasteiger partial charge on any atom is -0.481 e. The highest BCUT2D eigenvalue weighted by atomic mass is 16.8. The molecule has 4 heterocycles. The third-order valence-electron chi connectivity index (χ3n) is 14.8. The molecule has 0 saturated carbocycles. The molecule has 13 heteroatoms. The zero-order valence-corrected chi connectivity index (χ0v) is 36.5. The van der Waals surface area contributed by atoms with Crippen LogP contribution in [0, 0.1) is 41.4 Å². The first kappa shape index (κ1) is 47.5. The predicted octanol–water partition coefficient (Wildman–Crippen LogP) is 7.10. The summed E-state index contributed by atoms with van der Waals surface area (Å²) in [5.74, 6) is -6.72. The average molecular weight is 810 g/mol. The lowest BCUT2D eigenvalue weighted by Crippen LogP contribution is -2.63. The number of aliphatic hydroxyl groups is 2. The fourth-order valence-corrected chi connectivity index (χ4v) is 10.6. The lowest BCUT2D eigenvalue weighted by Gasteiger charge is -2.53. The molecule has 13 nitrogen and oxygen atoms in total. The zero-order chi connectivity index (χ0) is 42.8. The number of hydrogen-bond acceptors (Lipinski definition) is 10. The van der Waals surface area contributed by atoms with Crippen LogP contribution in [0.5, 0.6) is 0 Å². The van der Waals surface area contributed by atoms with Crippen LogP contribution < -0.4 is 5.32 Å². The maximum absolute atomic E-state index is 14.6. The summed E-state index contributed by atoms with van der Waals surface area (Å²) in [5.41, 5.74) is -1.81. The number of hydrogen-bond donors (Lipinski definition) is 5. The molecule has 0 aromatic carbocycles. The molecule has 1 amide bonds. The van der Waals surface area contributed by atoms with Crippen molar-refractivity contribution in [3.8, 4) is 0 Å². The maximum Gasteiger partial charge on any atom is 0.405 e. The Hall–Kier alpha value is -2.13. The number of carbonyl (C=O) groups is 3. The van der Waals surface area contributed by atoms with E-state index in [1.165, 1.54) is 0 Å². The van der Waals surface area contributed by atoms with E-state index < -0.39 is 95.1 Å². The van der Waals surface area contributed by atoms with Gasteiger partial charge in [-0.05, 0) is 96.5 Å². The molecule has 4 saturated heterocycles. The molecule has 0 radical (unpaired) electrons. The van der Waals surface area contributed by atoms with Gasteiger partial charge in [0.15, 0.2) is 11.6 Å². The highest BCUT2D eigenvalue weighted by Gasteiger charge is 2.61. The predicted molar refractivity (Wildman–Crippen MR) is 214 cm³/mol. The highest BCUT2D eigenvalue weighted by molar-refractivity contribution is 5.84. The van der Waals surface area contributed by atoms with Gasteiger partial charge in [0, 0.05) is 30.1 Å². The largest absolute Gasteiger partial charge is 0.481 e. The molecule has 0 aromatic heterocycles. The van der Waals surface area contributed by atoms with Crippen molar-refractivity contribution in [2.24, 2.45) is 41.4 Å². The van der Waals surface area contributed by atoms with E-state index in [9.17, 15) is 34.8 Å². The molecular weight excluding hydrogens is 734 g/mol. The number of aliphatic hydroxyl groups excluding tert-OH is 1. The number of Topliss-reactive ketones (excluding diaryl/α,β-unsaturated/α-hetero) is 1. The van der Waals surface area contributed by atoms with Crippen molar-refractivity contribution < 1.29 is 58.5 Å². The number of amides is 1. The Bertz CT molecular complexity index is 1410. The molecule has 18 atom stereocenters. The van der Waals surface area contributed by atoms with E-state index in [0.29, 0.717) is 57.8 Å². The first-order valence-corrected chi connectivity index (χ1v) is 21.8. The van der Waals surface area contributed by atoms with Gasteiger partial charge in [0.05, 0.1) is 59.8 Å². The fourth-order valence-electron chi connectivity index (χ4n) is 10.6. The van der Waals surface area contributed by atoms with Gasteiger partial charge in [-0.1, -0.05) is 62.0 Å². The van der Waals surface area contributed by atoms with Crippen LogP contribution in [-0.4, -0.2) is 104 Å². The van der Waals surface area contributed by atoms with Crippen LogP contribution in [0.1, 0.15) is 140 Å². The number of carboxylic acid groups (broad SMARTS) is 2. The van der Waals surface area contributed by atoms with E-state index in [-0.39, 0.29) is 29.6 Å². The number of ketones is 1. The SMILES string of the molecule is C=C[C@@]1(O[C@]2([C@@H](C)NC(=O)O)CC[C@@](C)([C@H]3CC[C@](O)(CC)[C@H](C)O3)O2)O[C@H]([C@@H](CC)C(=O)[C@@H](C)[C@@H](O)[C@H](C)[C@@H]2O[C@@H]([C@@H](CC)C(=O)O)CC[C@@H]2C)[C@@H](C)C[C@H]1C. The van der Waals surface area contributed by atoms with Crippen molar-refractivity contribution in [2.75, 3.05) is 0 Å². The minimum absolute atomic E-state index is 0.0765. The fraction of sp³-hybridized carbons (Fsp3) is 0.886. The van der Waals surface area contributed by atoms with Crippen LogP contribution in [0.3, 0.4) is 0 Å². The molecule has 57 heavy (non-hydrogen) atoms. The summed E-state index contributed by atoms with van der Waals surface area (Å²) >= 11 is 0. The van der Waals surface area contributed by atoms with Gasteiger partial charge in [-0.3, -0.25) is 9.59 Å². The van der Waals surface area contributed by atoms with Crippen LogP contribution in [0.4, 0.5) is 4.79 Å². The van der Waals surface area contributed by atoms with E-state index in [2.05, 4.69) is 11.9 Å². The monoisotopic (exact) mass is 810 g/mol. The standard InChI is InChI=1S/C44H75NO12/c1-13-31(39(48)49)33-18-17-24(5)37(54-33)28(9)35(46)27(8)36(47)32(14-2)38-25(6)23-26(7)43(16-4,55-38)57-44(29(10)45-40(50)51)22-21-41(12,56-44)34-19-20-42(52,15-3)30(11)53-34/h16,24-35,37-38,45-46,52H,4,13-15,17-23H2,1-3,5-12H3,(H,48,49)(H,50,51)/t24-,25-,26+,27-,28-,29+,30-,31+,32-,33+,34+,35+,37+,38-,41-,42+,43-,44-/m0/s1. The molecular formula is C44H75NO12. The summed E-state index contributed by atoms with van der Waals surface area (Å²) in [6, 6.07) is -0.844. The van der Waals surface area contributed by atoms with Crippen molar-refractivity contribution in [1.82, 2.24) is 5.32 Å². The van der Waals surface area contributed by atoms with E-state index in [4.69, 9.17) is 23.7 Å². The van der Waals surface area contributed by atoms with E-state index >= 15 is 0 Å². The summed E-state index contributed by atoms with van der Waals surface area (Å²) in [4.78, 5) is 38.6. The molecule has 5 N–H and O–H groups in total. The molecule has 0 aliphatic carbocycles. The minimum atomic E-state index is -1.50. The van der Waals surface area contributed by atoms with Gasteiger partial charge >= 0.3 is 12.1 Å². The molecule has 4 rings (SSSR count). The molecule has 0 unspecified atom stereocenters. The van der Waals surface area contributed by atoms with Crippen molar-refractivity contribution in [3.05, 3.63) is 12.7 Å². The Labute approximate surface area is 340 Å². The molecule has 0 aromatic rings. The number of carbonyl (C=O) groups excluding carboxylic acids is 1. The summed E-state index contributed by atoms with van der Waals surface area (Å²) in [7, 11) is 0. The van der Waals surface area contributed by atoms with Crippen LogP contribution in [0.2, 0.25) is 0 Å². The quantitative estimate of drug-likeness (QED) is 0.0939. The Morgan fingerprint density at radius 2 is 1.56 bits per heavy atom. The average Bonchev–Trinajstić information content (AvgIpc) is 3.52. The van der Waals surface area contributed by atoms with Gasteiger partial charge in [0.1, 0.15) is 5.78 Å². The molecule has 328 valence electrons. The van der Waals surface area contributed by atoms with Crippen LogP contribution in [-0.2, 0) is 33.3 Å². The van der Waals surface area contributed by atoms with E-state index in [0.717, 1.165) is 6.42 Å². The van der Waals surface area contributed by atoms with Gasteiger partial charge in [-0.15, -0.1) is 0 Å².